The highest BCUT2D eigenvalue weighted by atomic mass is 127. The summed E-state index contributed by atoms with van der Waals surface area (Å²) in [6, 6.07) is 19.5. The van der Waals surface area contributed by atoms with E-state index in [2.05, 4.69) is 27.9 Å². The Hall–Kier alpha value is -2.30. The summed E-state index contributed by atoms with van der Waals surface area (Å²) in [6.07, 6.45) is 1.19. The predicted molar refractivity (Wildman–Crippen MR) is 141 cm³/mol. The van der Waals surface area contributed by atoms with Crippen molar-refractivity contribution >= 4 is 55.8 Å². The molecule has 3 aromatic carbocycles. The summed E-state index contributed by atoms with van der Waals surface area (Å²) in [5.74, 6) is 0.450. The monoisotopic (exact) mass is 598 g/mol. The lowest BCUT2D eigenvalue weighted by atomic mass is 10.1. The summed E-state index contributed by atoms with van der Waals surface area (Å²) in [5, 5.41) is 3.44. The Balaban J connectivity index is 1.59. The maximum Gasteiger partial charge on any atom is 0.251 e. The molecule has 0 aromatic heterocycles. The number of carbonyl (C=O) groups excluding carboxylic acids is 1. The molecule has 3 rings (SSSR count). The Kier molecular flexibility index (Phi) is 8.61. The molecule has 33 heavy (non-hydrogen) atoms. The third kappa shape index (κ3) is 7.35. The first kappa shape index (κ1) is 25.3. The van der Waals surface area contributed by atoms with Gasteiger partial charge in [0, 0.05) is 14.2 Å². The van der Waals surface area contributed by atoms with Gasteiger partial charge in [0.15, 0.2) is 0 Å². The number of hydrogen-bond acceptors (Lipinski definition) is 4. The van der Waals surface area contributed by atoms with Crippen molar-refractivity contribution in [2.24, 2.45) is 0 Å². The lowest BCUT2D eigenvalue weighted by molar-refractivity contribution is 0.0947. The number of hydrogen-bond donors (Lipinski definition) is 1. The molecule has 0 bridgehead atoms. The zero-order valence-electron chi connectivity index (χ0n) is 18.2. The van der Waals surface area contributed by atoms with Crippen LogP contribution in [0.25, 0.3) is 0 Å². The van der Waals surface area contributed by atoms with E-state index < -0.39 is 10.0 Å². The zero-order valence-corrected chi connectivity index (χ0v) is 21.9. The van der Waals surface area contributed by atoms with E-state index in [1.54, 1.807) is 48.5 Å². The maximum absolute atomic E-state index is 12.5. The van der Waals surface area contributed by atoms with Crippen LogP contribution in [-0.2, 0) is 16.6 Å². The van der Waals surface area contributed by atoms with E-state index in [-0.39, 0.29) is 12.5 Å². The molecule has 0 aliphatic carbocycles. The van der Waals surface area contributed by atoms with E-state index in [9.17, 15) is 13.2 Å². The molecule has 0 unspecified atom stereocenters. The van der Waals surface area contributed by atoms with Crippen molar-refractivity contribution in [2.75, 3.05) is 23.7 Å². The normalized spacial score (nSPS) is 11.2. The first-order valence-electron chi connectivity index (χ1n) is 10.1. The molecule has 0 saturated heterocycles. The third-order valence-electron chi connectivity index (χ3n) is 4.84. The molecule has 9 heteroatoms. The number of aryl methyl sites for hydroxylation is 1. The number of anilines is 1. The van der Waals surface area contributed by atoms with Crippen molar-refractivity contribution in [3.05, 3.63) is 92.0 Å². The lowest BCUT2D eigenvalue weighted by Crippen LogP contribution is -2.30. The highest BCUT2D eigenvalue weighted by Gasteiger charge is 2.20. The highest BCUT2D eigenvalue weighted by molar-refractivity contribution is 14.1. The smallest absolute Gasteiger partial charge is 0.251 e. The fourth-order valence-electron chi connectivity index (χ4n) is 3.17. The van der Waals surface area contributed by atoms with Crippen LogP contribution in [0.15, 0.2) is 66.7 Å². The average molecular weight is 599 g/mol. The molecule has 0 saturated carbocycles. The van der Waals surface area contributed by atoms with Crippen LogP contribution in [-0.4, -0.2) is 33.7 Å². The largest absolute Gasteiger partial charge is 0.492 e. The Morgan fingerprint density at radius 3 is 2.33 bits per heavy atom. The molecule has 6 nitrogen and oxygen atoms in total. The second-order valence-corrected chi connectivity index (χ2v) is 11.0. The standard InChI is InChI=1S/C24H24ClIN2O4S/c1-17-15-21(26)9-12-23(17)28(33(2,30)31)16-18-3-5-19(6-4-18)24(29)27-13-14-32-22-10-7-20(25)8-11-22/h3-12,15H,13-14,16H2,1-2H3,(H,27,29). The number of halogens is 2. The van der Waals surface area contributed by atoms with Crippen LogP contribution in [0.2, 0.25) is 5.02 Å². The molecular formula is C24H24ClIN2O4S. The van der Waals surface area contributed by atoms with Gasteiger partial charge in [-0.2, -0.15) is 0 Å². The van der Waals surface area contributed by atoms with Crippen LogP contribution in [0, 0.1) is 10.5 Å². The van der Waals surface area contributed by atoms with Gasteiger partial charge in [-0.25, -0.2) is 8.42 Å². The summed E-state index contributed by atoms with van der Waals surface area (Å²) in [5.41, 5.74) is 2.78. The molecule has 3 aromatic rings. The molecule has 1 N–H and O–H groups in total. The van der Waals surface area contributed by atoms with Gasteiger partial charge in [-0.1, -0.05) is 23.7 Å². The van der Waals surface area contributed by atoms with E-state index in [4.69, 9.17) is 16.3 Å². The number of carbonyl (C=O) groups is 1. The maximum atomic E-state index is 12.5. The second kappa shape index (κ2) is 11.2. The molecule has 0 atom stereocenters. The lowest BCUT2D eigenvalue weighted by Gasteiger charge is -2.24. The second-order valence-electron chi connectivity index (χ2n) is 7.46. The van der Waals surface area contributed by atoms with Gasteiger partial charge in [-0.05, 0) is 95.2 Å². The van der Waals surface area contributed by atoms with Crippen LogP contribution < -0.4 is 14.4 Å². The number of nitrogens with one attached hydrogen (secondary N) is 1. The summed E-state index contributed by atoms with van der Waals surface area (Å²) in [4.78, 5) is 12.4. The van der Waals surface area contributed by atoms with Gasteiger partial charge in [0.1, 0.15) is 12.4 Å². The Labute approximate surface area is 213 Å². The topological polar surface area (TPSA) is 75.7 Å². The molecule has 0 aliphatic heterocycles. The number of nitrogens with zero attached hydrogens (tertiary/aromatic N) is 1. The number of ether oxygens (including phenoxy) is 1. The first-order valence-corrected chi connectivity index (χ1v) is 13.4. The molecule has 0 spiro atoms. The van der Waals surface area contributed by atoms with Gasteiger partial charge in [-0.15, -0.1) is 0 Å². The van der Waals surface area contributed by atoms with Crippen molar-refractivity contribution < 1.29 is 17.9 Å². The number of benzene rings is 3. The van der Waals surface area contributed by atoms with Crippen LogP contribution in [0.5, 0.6) is 5.75 Å². The molecule has 0 radical (unpaired) electrons. The van der Waals surface area contributed by atoms with Crippen LogP contribution >= 0.6 is 34.2 Å². The zero-order chi connectivity index (χ0) is 24.0. The molecule has 0 fully saturated rings. The van der Waals surface area contributed by atoms with Gasteiger partial charge in [0.2, 0.25) is 10.0 Å². The molecule has 1 amide bonds. The number of amides is 1. The predicted octanol–water partition coefficient (Wildman–Crippen LogP) is 5.03. The third-order valence-corrected chi connectivity index (χ3v) is 6.89. The summed E-state index contributed by atoms with van der Waals surface area (Å²) in [6.45, 7) is 2.73. The number of rotatable bonds is 9. The van der Waals surface area contributed by atoms with Gasteiger partial charge in [0.05, 0.1) is 25.0 Å². The summed E-state index contributed by atoms with van der Waals surface area (Å²) >= 11 is 8.04. The highest BCUT2D eigenvalue weighted by Crippen LogP contribution is 2.26. The van der Waals surface area contributed by atoms with Crippen molar-refractivity contribution in [1.82, 2.24) is 5.32 Å². The Morgan fingerprint density at radius 1 is 1.06 bits per heavy atom. The van der Waals surface area contributed by atoms with Crippen LogP contribution in [0.1, 0.15) is 21.5 Å². The van der Waals surface area contributed by atoms with Gasteiger partial charge in [-0.3, -0.25) is 9.10 Å². The minimum Gasteiger partial charge on any atom is -0.492 e. The van der Waals surface area contributed by atoms with Crippen LogP contribution in [0.4, 0.5) is 5.69 Å². The van der Waals surface area contributed by atoms with Gasteiger partial charge >= 0.3 is 0 Å². The first-order chi connectivity index (χ1) is 15.6. The van der Waals surface area contributed by atoms with E-state index in [1.807, 2.05) is 25.1 Å². The van der Waals surface area contributed by atoms with E-state index in [0.717, 1.165) is 14.7 Å². The van der Waals surface area contributed by atoms with Crippen molar-refractivity contribution in [2.45, 2.75) is 13.5 Å². The molecule has 0 aliphatic rings. The summed E-state index contributed by atoms with van der Waals surface area (Å²) in [7, 11) is -3.49. The van der Waals surface area contributed by atoms with Crippen LogP contribution in [0.3, 0.4) is 0 Å². The molecule has 174 valence electrons. The van der Waals surface area contributed by atoms with Crippen molar-refractivity contribution in [1.29, 1.82) is 0 Å². The molecular weight excluding hydrogens is 575 g/mol. The summed E-state index contributed by atoms with van der Waals surface area (Å²) < 4.78 is 32.9. The van der Waals surface area contributed by atoms with Gasteiger partial charge in [0.25, 0.3) is 5.91 Å². The molecule has 0 heterocycles. The van der Waals surface area contributed by atoms with Gasteiger partial charge < -0.3 is 10.1 Å². The quantitative estimate of drug-likeness (QED) is 0.277. The number of sulfonamides is 1. The minimum atomic E-state index is -3.49. The van der Waals surface area contributed by atoms with E-state index >= 15 is 0 Å². The minimum absolute atomic E-state index is 0.178. The Morgan fingerprint density at radius 2 is 1.73 bits per heavy atom. The fraction of sp³-hybridized carbons (Fsp3) is 0.208. The Bertz CT molecular complexity index is 1220. The van der Waals surface area contributed by atoms with E-state index in [0.29, 0.717) is 35.2 Å². The van der Waals surface area contributed by atoms with E-state index in [1.165, 1.54) is 10.6 Å². The fourth-order valence-corrected chi connectivity index (χ4v) is 4.89. The van der Waals surface area contributed by atoms with Crippen molar-refractivity contribution in [3.8, 4) is 5.75 Å². The SMILES string of the molecule is Cc1cc(I)ccc1N(Cc1ccc(C(=O)NCCOc2ccc(Cl)cc2)cc1)S(C)(=O)=O. The van der Waals surface area contributed by atoms with Crippen molar-refractivity contribution in [3.63, 3.8) is 0 Å². The average Bonchev–Trinajstić information content (AvgIpc) is 2.76.